The number of nitro groups is 2. The van der Waals surface area contributed by atoms with Gasteiger partial charge < -0.3 is 18.3 Å². The van der Waals surface area contributed by atoms with Gasteiger partial charge in [-0.25, -0.2) is 0 Å². The van der Waals surface area contributed by atoms with Gasteiger partial charge in [0, 0.05) is 0 Å². The molecule has 0 amide bonds. The molecule has 0 radical (unpaired) electrons. The van der Waals surface area contributed by atoms with Crippen molar-refractivity contribution in [3.8, 4) is 11.9 Å². The highest BCUT2D eigenvalue weighted by Crippen LogP contribution is 2.40. The van der Waals surface area contributed by atoms with Crippen molar-refractivity contribution in [2.24, 2.45) is 5.92 Å². The molecule has 0 aliphatic heterocycles. The maximum absolute atomic E-state index is 12.1. The monoisotopic (exact) mass is 478 g/mol. The second kappa shape index (κ2) is 9.36. The first-order chi connectivity index (χ1) is 14.5. The van der Waals surface area contributed by atoms with Gasteiger partial charge in [-0.3, -0.25) is 39.4 Å². The van der Waals surface area contributed by atoms with Crippen molar-refractivity contribution in [2.45, 2.75) is 13.3 Å². The summed E-state index contributed by atoms with van der Waals surface area (Å²) in [6, 6.07) is 0. The molecule has 0 aliphatic carbocycles. The van der Waals surface area contributed by atoms with E-state index in [1.54, 1.807) is 0 Å². The molecule has 16 heteroatoms. The lowest BCUT2D eigenvalue weighted by molar-refractivity contribution is -0.385. The van der Waals surface area contributed by atoms with Crippen molar-refractivity contribution in [3.05, 3.63) is 41.8 Å². The molecular weight excluding hydrogens is 471 g/mol. The fourth-order valence-corrected chi connectivity index (χ4v) is 2.58. The highest BCUT2D eigenvalue weighted by Gasteiger charge is 2.34. The normalized spacial score (nSPS) is 11.5. The van der Waals surface area contributed by atoms with Gasteiger partial charge in [-0.1, -0.05) is 30.1 Å². The molecule has 0 bridgehead atoms. The van der Waals surface area contributed by atoms with Crippen LogP contribution in [0.5, 0.6) is 11.9 Å². The number of hydrogen-bond donors (Lipinski definition) is 0. The number of aldehydes is 2. The molecule has 1 atom stereocenters. The zero-order valence-electron chi connectivity index (χ0n) is 15.0. The summed E-state index contributed by atoms with van der Waals surface area (Å²) in [5.41, 5.74) is -1.82. The first-order valence-electron chi connectivity index (χ1n) is 7.77. The van der Waals surface area contributed by atoms with Crippen LogP contribution < -0.4 is 9.47 Å². The SMILES string of the molecule is CC(CC(=O)Oc1oc(C=O)c([N+](=O)[O-])c1Cl)C(=O)Oc1oc(C=O)c([N+](=O)[O-])c1Cl. The van der Waals surface area contributed by atoms with E-state index < -0.39 is 79.0 Å². The molecular formula is C15H8Cl2N2O12. The van der Waals surface area contributed by atoms with Gasteiger partial charge in [0.1, 0.15) is 0 Å². The van der Waals surface area contributed by atoms with Crippen LogP contribution in [0.1, 0.15) is 34.5 Å². The summed E-state index contributed by atoms with van der Waals surface area (Å²) < 4.78 is 18.8. The van der Waals surface area contributed by atoms with Gasteiger partial charge in [0.15, 0.2) is 12.6 Å². The molecule has 2 rings (SSSR count). The maximum atomic E-state index is 12.1. The fraction of sp³-hybridized carbons (Fsp3) is 0.200. The van der Waals surface area contributed by atoms with Crippen LogP contribution in [0.4, 0.5) is 11.4 Å². The van der Waals surface area contributed by atoms with Crippen molar-refractivity contribution in [1.82, 2.24) is 0 Å². The predicted molar refractivity (Wildman–Crippen MR) is 96.6 cm³/mol. The molecule has 2 aromatic rings. The Labute approximate surface area is 179 Å². The quantitative estimate of drug-likeness (QED) is 0.220. The standard InChI is InChI=1S/C15H8Cl2N2O12/c1-5(13(23)31-15-10(17)12(19(26)27)7(4-21)29-15)2-8(22)30-14-9(16)11(18(24)25)6(3-20)28-14/h3-5H,2H2,1H3. The van der Waals surface area contributed by atoms with Crippen molar-refractivity contribution < 1.29 is 47.3 Å². The van der Waals surface area contributed by atoms with Crippen LogP contribution in [0.3, 0.4) is 0 Å². The molecule has 2 aromatic heterocycles. The van der Waals surface area contributed by atoms with Crippen molar-refractivity contribution in [1.29, 1.82) is 0 Å². The second-order valence-electron chi connectivity index (χ2n) is 5.58. The number of carbonyl (C=O) groups excluding carboxylic acids is 4. The number of carbonyl (C=O) groups is 4. The van der Waals surface area contributed by atoms with Crippen LogP contribution >= 0.6 is 23.2 Å². The Hall–Kier alpha value is -3.78. The Morgan fingerprint density at radius 3 is 1.74 bits per heavy atom. The van der Waals surface area contributed by atoms with Gasteiger partial charge in [-0.2, -0.15) is 0 Å². The van der Waals surface area contributed by atoms with Crippen LogP contribution in [-0.4, -0.2) is 34.4 Å². The molecule has 0 spiro atoms. The van der Waals surface area contributed by atoms with Gasteiger partial charge in [-0.05, 0) is 0 Å². The fourth-order valence-electron chi connectivity index (χ4n) is 2.10. The van der Waals surface area contributed by atoms with Gasteiger partial charge in [0.25, 0.3) is 0 Å². The third kappa shape index (κ3) is 4.87. The Balaban J connectivity index is 2.10. The molecule has 2 heterocycles. The summed E-state index contributed by atoms with van der Waals surface area (Å²) in [4.78, 5) is 65.4. The number of halogens is 2. The number of furan rings is 2. The highest BCUT2D eigenvalue weighted by molar-refractivity contribution is 6.35. The summed E-state index contributed by atoms with van der Waals surface area (Å²) >= 11 is 11.3. The summed E-state index contributed by atoms with van der Waals surface area (Å²) in [7, 11) is 0. The van der Waals surface area contributed by atoms with E-state index in [9.17, 15) is 39.4 Å². The predicted octanol–water partition coefficient (Wildman–Crippen LogP) is 3.16. The van der Waals surface area contributed by atoms with Crippen LogP contribution in [0.25, 0.3) is 0 Å². The second-order valence-corrected chi connectivity index (χ2v) is 6.34. The van der Waals surface area contributed by atoms with Crippen LogP contribution in [0, 0.1) is 26.1 Å². The Kier molecular flexibility index (Phi) is 7.09. The average Bonchev–Trinajstić information content (AvgIpc) is 3.18. The van der Waals surface area contributed by atoms with E-state index in [0.29, 0.717) is 0 Å². The van der Waals surface area contributed by atoms with Gasteiger partial charge in [-0.15, -0.1) is 0 Å². The topological polar surface area (TPSA) is 199 Å². The van der Waals surface area contributed by atoms with Gasteiger partial charge >= 0.3 is 35.2 Å². The van der Waals surface area contributed by atoms with E-state index in [2.05, 4.69) is 0 Å². The van der Waals surface area contributed by atoms with E-state index in [4.69, 9.17) is 41.5 Å². The molecule has 0 saturated carbocycles. The molecule has 0 aromatic carbocycles. The number of ether oxygens (including phenoxy) is 2. The van der Waals surface area contributed by atoms with Gasteiger partial charge in [0.05, 0.1) is 22.2 Å². The summed E-state index contributed by atoms with van der Waals surface area (Å²) in [6.07, 6.45) is -0.704. The molecule has 14 nitrogen and oxygen atoms in total. The number of esters is 2. The van der Waals surface area contributed by atoms with E-state index in [0.717, 1.165) is 0 Å². The number of hydrogen-bond acceptors (Lipinski definition) is 12. The highest BCUT2D eigenvalue weighted by atomic mass is 35.5. The van der Waals surface area contributed by atoms with Crippen molar-refractivity contribution in [2.75, 3.05) is 0 Å². The molecule has 0 saturated heterocycles. The van der Waals surface area contributed by atoms with Crippen molar-refractivity contribution in [3.63, 3.8) is 0 Å². The maximum Gasteiger partial charge on any atom is 0.340 e. The van der Waals surface area contributed by atoms with E-state index in [-0.39, 0.29) is 12.6 Å². The van der Waals surface area contributed by atoms with E-state index >= 15 is 0 Å². The molecule has 0 fully saturated rings. The third-order valence-electron chi connectivity index (χ3n) is 3.50. The minimum atomic E-state index is -1.25. The molecule has 164 valence electrons. The lowest BCUT2D eigenvalue weighted by atomic mass is 10.1. The third-order valence-corrected chi connectivity index (χ3v) is 4.17. The van der Waals surface area contributed by atoms with Crippen LogP contribution in [0.2, 0.25) is 10.0 Å². The Morgan fingerprint density at radius 2 is 1.39 bits per heavy atom. The Bertz CT molecular complexity index is 1100. The lowest BCUT2D eigenvalue weighted by Crippen LogP contribution is -2.22. The molecule has 31 heavy (non-hydrogen) atoms. The summed E-state index contributed by atoms with van der Waals surface area (Å²) in [5.74, 6) is -6.79. The zero-order valence-corrected chi connectivity index (χ0v) is 16.5. The number of nitrogens with zero attached hydrogens (tertiary/aromatic N) is 2. The molecule has 0 N–H and O–H groups in total. The largest absolute Gasteiger partial charge is 0.414 e. The first kappa shape index (κ1) is 23.5. The van der Waals surface area contributed by atoms with Gasteiger partial charge in [0.2, 0.25) is 21.6 Å². The van der Waals surface area contributed by atoms with E-state index in [1.807, 2.05) is 0 Å². The van der Waals surface area contributed by atoms with Crippen molar-refractivity contribution >= 4 is 59.1 Å². The summed E-state index contributed by atoms with van der Waals surface area (Å²) in [6.45, 7) is 1.19. The van der Waals surface area contributed by atoms with Crippen LogP contribution in [-0.2, 0) is 9.59 Å². The lowest BCUT2D eigenvalue weighted by Gasteiger charge is -2.08. The Morgan fingerprint density at radius 1 is 0.968 bits per heavy atom. The molecule has 1 unspecified atom stereocenters. The summed E-state index contributed by atoms with van der Waals surface area (Å²) in [5, 5.41) is 20.3. The zero-order chi connectivity index (χ0) is 23.5. The van der Waals surface area contributed by atoms with E-state index in [1.165, 1.54) is 6.92 Å². The first-order valence-corrected chi connectivity index (χ1v) is 8.53. The molecule has 0 aliphatic rings. The number of rotatable bonds is 9. The minimum absolute atomic E-state index is 0.0119. The van der Waals surface area contributed by atoms with Crippen LogP contribution in [0.15, 0.2) is 8.83 Å². The smallest absolute Gasteiger partial charge is 0.340 e. The minimum Gasteiger partial charge on any atom is -0.414 e. The average molecular weight is 479 g/mol.